The summed E-state index contributed by atoms with van der Waals surface area (Å²) in [6.07, 6.45) is 0. The Bertz CT molecular complexity index is 1300. The molecule has 2 heterocycles. The fourth-order valence-corrected chi connectivity index (χ4v) is 4.44. The van der Waals surface area contributed by atoms with E-state index in [1.807, 2.05) is 19.9 Å². The summed E-state index contributed by atoms with van der Waals surface area (Å²) in [5, 5.41) is 1.09. The van der Waals surface area contributed by atoms with Gasteiger partial charge < -0.3 is 9.32 Å². The van der Waals surface area contributed by atoms with Crippen molar-refractivity contribution in [3.05, 3.63) is 70.3 Å². The Labute approximate surface area is 182 Å². The molecule has 0 spiro atoms. The molecule has 31 heavy (non-hydrogen) atoms. The molecule has 0 aliphatic rings. The molecule has 0 atom stereocenters. The molecule has 160 valence electrons. The molecular formula is C23H22FN3O3S. The van der Waals surface area contributed by atoms with Crippen LogP contribution in [0.3, 0.4) is 0 Å². The molecular weight excluding hydrogens is 417 g/mol. The van der Waals surface area contributed by atoms with E-state index in [1.165, 1.54) is 28.4 Å². The Kier molecular flexibility index (Phi) is 6.11. The van der Waals surface area contributed by atoms with Gasteiger partial charge in [0.05, 0.1) is 10.2 Å². The van der Waals surface area contributed by atoms with Gasteiger partial charge in [0.15, 0.2) is 5.13 Å². The molecule has 1 amide bonds. The van der Waals surface area contributed by atoms with Crippen LogP contribution in [0.2, 0.25) is 0 Å². The molecule has 6 nitrogen and oxygen atoms in total. The number of para-hydroxylation sites is 1. The highest BCUT2D eigenvalue weighted by atomic mass is 32.1. The maximum Gasteiger partial charge on any atom is 0.349 e. The van der Waals surface area contributed by atoms with Gasteiger partial charge in [-0.05, 0) is 43.4 Å². The summed E-state index contributed by atoms with van der Waals surface area (Å²) in [5.74, 6) is -0.843. The summed E-state index contributed by atoms with van der Waals surface area (Å²) in [5.41, 5.74) is 0.286. The van der Waals surface area contributed by atoms with Crippen LogP contribution in [-0.2, 0) is 0 Å². The smallest absolute Gasteiger partial charge is 0.349 e. The van der Waals surface area contributed by atoms with Crippen molar-refractivity contribution in [2.45, 2.75) is 13.8 Å². The van der Waals surface area contributed by atoms with Crippen LogP contribution >= 0.6 is 11.3 Å². The second-order valence-electron chi connectivity index (χ2n) is 7.08. The van der Waals surface area contributed by atoms with E-state index in [1.54, 1.807) is 30.3 Å². The van der Waals surface area contributed by atoms with E-state index in [2.05, 4.69) is 9.88 Å². The maximum atomic E-state index is 13.7. The lowest BCUT2D eigenvalue weighted by atomic mass is 10.1. The van der Waals surface area contributed by atoms with Crippen LogP contribution in [0.25, 0.3) is 21.2 Å². The number of rotatable bonds is 7. The van der Waals surface area contributed by atoms with Gasteiger partial charge in [-0.25, -0.2) is 14.2 Å². The molecule has 0 N–H and O–H groups in total. The minimum absolute atomic E-state index is 0.0521. The number of thiazole rings is 1. The lowest BCUT2D eigenvalue weighted by molar-refractivity contribution is 0.0980. The zero-order valence-corrected chi connectivity index (χ0v) is 18.1. The molecule has 0 saturated carbocycles. The van der Waals surface area contributed by atoms with Crippen LogP contribution < -0.4 is 10.5 Å². The van der Waals surface area contributed by atoms with Crippen LogP contribution in [0, 0.1) is 5.82 Å². The largest absolute Gasteiger partial charge is 0.422 e. The van der Waals surface area contributed by atoms with Crippen molar-refractivity contribution in [3.8, 4) is 0 Å². The van der Waals surface area contributed by atoms with Gasteiger partial charge in [0.2, 0.25) is 0 Å². The lowest BCUT2D eigenvalue weighted by Gasteiger charge is -2.24. The average molecular weight is 440 g/mol. The standard InChI is InChI=1S/C23H22FN3O3S/c1-3-26(4-2)11-12-27(23-25-18-10-9-16(24)14-20(18)31-23)21(28)17-13-15-7-5-6-8-19(15)30-22(17)29/h5-10,13-14H,3-4,11-12H2,1-2H3. The van der Waals surface area contributed by atoms with Crippen molar-refractivity contribution in [3.63, 3.8) is 0 Å². The van der Waals surface area contributed by atoms with E-state index >= 15 is 0 Å². The number of hydrogen-bond acceptors (Lipinski definition) is 6. The monoisotopic (exact) mass is 439 g/mol. The van der Waals surface area contributed by atoms with Crippen molar-refractivity contribution in [2.24, 2.45) is 0 Å². The molecule has 2 aromatic carbocycles. The lowest BCUT2D eigenvalue weighted by Crippen LogP contribution is -2.40. The van der Waals surface area contributed by atoms with E-state index in [-0.39, 0.29) is 11.4 Å². The van der Waals surface area contributed by atoms with Gasteiger partial charge in [-0.15, -0.1) is 0 Å². The van der Waals surface area contributed by atoms with Crippen molar-refractivity contribution in [1.82, 2.24) is 9.88 Å². The van der Waals surface area contributed by atoms with Gasteiger partial charge in [-0.1, -0.05) is 43.4 Å². The normalized spacial score (nSPS) is 11.5. The number of fused-ring (bicyclic) bond motifs is 2. The number of likely N-dealkylation sites (N-methyl/N-ethyl adjacent to an activating group) is 1. The van der Waals surface area contributed by atoms with Gasteiger partial charge in [-0.3, -0.25) is 9.69 Å². The first-order valence-corrected chi connectivity index (χ1v) is 10.9. The highest BCUT2D eigenvalue weighted by molar-refractivity contribution is 7.22. The van der Waals surface area contributed by atoms with Crippen LogP contribution in [0.5, 0.6) is 0 Å². The van der Waals surface area contributed by atoms with Crippen LogP contribution in [0.15, 0.2) is 57.7 Å². The highest BCUT2D eigenvalue weighted by Gasteiger charge is 2.25. The van der Waals surface area contributed by atoms with Crippen molar-refractivity contribution >= 4 is 43.6 Å². The number of halogens is 1. The molecule has 8 heteroatoms. The van der Waals surface area contributed by atoms with Gasteiger partial charge >= 0.3 is 5.63 Å². The number of carbonyl (C=O) groups is 1. The van der Waals surface area contributed by atoms with E-state index in [9.17, 15) is 14.0 Å². The predicted octanol–water partition coefficient (Wildman–Crippen LogP) is 4.53. The Balaban J connectivity index is 1.76. The van der Waals surface area contributed by atoms with E-state index in [0.29, 0.717) is 39.4 Å². The molecule has 0 unspecified atom stereocenters. The topological polar surface area (TPSA) is 66.7 Å². The quantitative estimate of drug-likeness (QED) is 0.396. The summed E-state index contributed by atoms with van der Waals surface area (Å²) < 4.78 is 19.7. The molecule has 0 radical (unpaired) electrons. The van der Waals surface area contributed by atoms with E-state index in [0.717, 1.165) is 13.1 Å². The third-order valence-corrected chi connectivity index (χ3v) is 6.26. The summed E-state index contributed by atoms with van der Waals surface area (Å²) in [6.45, 7) is 6.72. The molecule has 0 bridgehead atoms. The maximum absolute atomic E-state index is 13.7. The zero-order valence-electron chi connectivity index (χ0n) is 17.3. The van der Waals surface area contributed by atoms with Crippen LogP contribution in [0.1, 0.15) is 24.2 Å². The average Bonchev–Trinajstić information content (AvgIpc) is 3.18. The fraction of sp³-hybridized carbons (Fsp3) is 0.261. The number of hydrogen-bond donors (Lipinski definition) is 0. The van der Waals surface area contributed by atoms with Gasteiger partial charge in [0.25, 0.3) is 5.91 Å². The number of nitrogens with zero attached hydrogens (tertiary/aromatic N) is 3. The second kappa shape index (κ2) is 8.95. The Hall–Kier alpha value is -3.10. The first-order valence-electron chi connectivity index (χ1n) is 10.1. The van der Waals surface area contributed by atoms with Crippen LogP contribution in [-0.4, -0.2) is 42.0 Å². The SMILES string of the molecule is CCN(CC)CCN(C(=O)c1cc2ccccc2oc1=O)c1nc2ccc(F)cc2s1. The number of amides is 1. The van der Waals surface area contributed by atoms with Crippen molar-refractivity contribution in [1.29, 1.82) is 0 Å². The predicted molar refractivity (Wildman–Crippen MR) is 122 cm³/mol. The number of anilines is 1. The third-order valence-electron chi connectivity index (χ3n) is 5.22. The van der Waals surface area contributed by atoms with Gasteiger partial charge in [-0.2, -0.15) is 0 Å². The Morgan fingerprint density at radius 3 is 2.65 bits per heavy atom. The van der Waals surface area contributed by atoms with E-state index < -0.39 is 11.5 Å². The van der Waals surface area contributed by atoms with E-state index in [4.69, 9.17) is 4.42 Å². The summed E-state index contributed by atoms with van der Waals surface area (Å²) >= 11 is 1.22. The molecule has 0 fully saturated rings. The minimum atomic E-state index is -0.691. The summed E-state index contributed by atoms with van der Waals surface area (Å²) in [7, 11) is 0. The van der Waals surface area contributed by atoms with Gasteiger partial charge in [0, 0.05) is 18.5 Å². The zero-order chi connectivity index (χ0) is 22.0. The Morgan fingerprint density at radius 2 is 1.87 bits per heavy atom. The number of carbonyl (C=O) groups excluding carboxylic acids is 1. The summed E-state index contributed by atoms with van der Waals surface area (Å²) in [4.78, 5) is 34.3. The van der Waals surface area contributed by atoms with Crippen molar-refractivity contribution in [2.75, 3.05) is 31.1 Å². The highest BCUT2D eigenvalue weighted by Crippen LogP contribution is 2.30. The van der Waals surface area contributed by atoms with Gasteiger partial charge in [0.1, 0.15) is 17.0 Å². The first-order chi connectivity index (χ1) is 15.0. The van der Waals surface area contributed by atoms with Crippen LogP contribution in [0.4, 0.5) is 9.52 Å². The Morgan fingerprint density at radius 1 is 1.10 bits per heavy atom. The minimum Gasteiger partial charge on any atom is -0.422 e. The summed E-state index contributed by atoms with van der Waals surface area (Å²) in [6, 6.07) is 12.9. The third kappa shape index (κ3) is 4.35. The number of benzene rings is 2. The molecule has 0 aliphatic carbocycles. The molecule has 4 rings (SSSR count). The molecule has 4 aromatic rings. The molecule has 0 saturated heterocycles. The molecule has 0 aliphatic heterocycles. The fourth-order valence-electron chi connectivity index (χ4n) is 3.42. The first kappa shape index (κ1) is 21.1. The van der Waals surface area contributed by atoms with Crippen molar-refractivity contribution < 1.29 is 13.6 Å². The molecule has 2 aromatic heterocycles. The number of aromatic nitrogens is 1. The second-order valence-corrected chi connectivity index (χ2v) is 8.09.